The molecule has 0 atom stereocenters. The normalized spacial score (nSPS) is 13.1. The number of nitrogens with zero attached hydrogens (tertiary/aromatic N) is 4. The van der Waals surface area contributed by atoms with Crippen LogP contribution >= 0.6 is 23.1 Å². The highest BCUT2D eigenvalue weighted by Crippen LogP contribution is 2.32. The number of nitrogens with two attached hydrogens (primary N) is 1. The number of ether oxygens (including phenoxy) is 1. The Bertz CT molecular complexity index is 854. The standard InChI is InChI=1S/C18H24N6O2S2/c1-3-8-24(4-2)18(21-19)27-11-15(25)20-17-23-22-16(28-17)13-5-6-14-12(10-13)7-9-26-14/h5-6,10H,3-4,7-9,11,19H2,1-2H3,(H,20,23,25)/b21-18+. The van der Waals surface area contributed by atoms with Crippen molar-refractivity contribution in [2.24, 2.45) is 10.9 Å². The molecule has 2 aromatic rings. The fraction of sp³-hybridized carbons (Fsp3) is 0.444. The van der Waals surface area contributed by atoms with E-state index in [4.69, 9.17) is 10.6 Å². The molecule has 1 aliphatic rings. The van der Waals surface area contributed by atoms with E-state index >= 15 is 0 Å². The molecule has 1 aliphatic heterocycles. The maximum absolute atomic E-state index is 12.3. The van der Waals surface area contributed by atoms with Crippen molar-refractivity contribution in [1.29, 1.82) is 0 Å². The van der Waals surface area contributed by atoms with Gasteiger partial charge in [-0.2, -0.15) is 5.10 Å². The van der Waals surface area contributed by atoms with Crippen molar-refractivity contribution in [2.75, 3.05) is 30.8 Å². The number of anilines is 1. The van der Waals surface area contributed by atoms with Crippen molar-refractivity contribution >= 4 is 39.3 Å². The van der Waals surface area contributed by atoms with Crippen LogP contribution in [0.2, 0.25) is 0 Å². The molecule has 8 nitrogen and oxygen atoms in total. The first-order chi connectivity index (χ1) is 13.6. The van der Waals surface area contributed by atoms with E-state index in [1.807, 2.05) is 19.1 Å². The van der Waals surface area contributed by atoms with Crippen LogP contribution in [0, 0.1) is 0 Å². The average molecular weight is 421 g/mol. The summed E-state index contributed by atoms with van der Waals surface area (Å²) in [4.78, 5) is 14.3. The molecule has 3 N–H and O–H groups in total. The lowest BCUT2D eigenvalue weighted by atomic mass is 10.1. The molecule has 0 fully saturated rings. The van der Waals surface area contributed by atoms with Crippen LogP contribution in [0.15, 0.2) is 23.3 Å². The van der Waals surface area contributed by atoms with Crippen molar-refractivity contribution in [1.82, 2.24) is 15.1 Å². The van der Waals surface area contributed by atoms with Crippen LogP contribution in [-0.4, -0.2) is 51.6 Å². The molecule has 10 heteroatoms. The molecule has 0 saturated heterocycles. The molecule has 150 valence electrons. The molecule has 0 spiro atoms. The summed E-state index contributed by atoms with van der Waals surface area (Å²) in [6.07, 6.45) is 1.89. The first-order valence-corrected chi connectivity index (χ1v) is 11.0. The molecule has 1 amide bonds. The summed E-state index contributed by atoms with van der Waals surface area (Å²) >= 11 is 2.67. The van der Waals surface area contributed by atoms with Crippen molar-refractivity contribution in [3.05, 3.63) is 23.8 Å². The van der Waals surface area contributed by atoms with Crippen LogP contribution in [-0.2, 0) is 11.2 Å². The lowest BCUT2D eigenvalue weighted by molar-refractivity contribution is -0.113. The Balaban J connectivity index is 1.57. The van der Waals surface area contributed by atoms with E-state index in [0.29, 0.717) is 10.3 Å². The fourth-order valence-corrected chi connectivity index (χ4v) is 4.43. The summed E-state index contributed by atoms with van der Waals surface area (Å²) in [6, 6.07) is 5.99. The molecule has 0 unspecified atom stereocenters. The average Bonchev–Trinajstić information content (AvgIpc) is 3.36. The molecule has 3 rings (SSSR count). The highest BCUT2D eigenvalue weighted by molar-refractivity contribution is 8.14. The number of thioether (sulfide) groups is 1. The zero-order valence-electron chi connectivity index (χ0n) is 16.0. The van der Waals surface area contributed by atoms with Gasteiger partial charge in [0.15, 0.2) is 5.17 Å². The quantitative estimate of drug-likeness (QED) is 0.307. The second kappa shape index (κ2) is 9.74. The van der Waals surface area contributed by atoms with Crippen molar-refractivity contribution < 1.29 is 9.53 Å². The zero-order valence-corrected chi connectivity index (χ0v) is 17.6. The molecule has 28 heavy (non-hydrogen) atoms. The van der Waals surface area contributed by atoms with Gasteiger partial charge in [-0.1, -0.05) is 30.0 Å². The first kappa shape index (κ1) is 20.4. The minimum atomic E-state index is -0.163. The second-order valence-corrected chi connectivity index (χ2v) is 8.08. The highest BCUT2D eigenvalue weighted by atomic mass is 32.2. The monoisotopic (exact) mass is 420 g/mol. The van der Waals surface area contributed by atoms with E-state index in [1.165, 1.54) is 28.7 Å². The van der Waals surface area contributed by atoms with Crippen LogP contribution in [0.25, 0.3) is 10.6 Å². The van der Waals surface area contributed by atoms with Crippen molar-refractivity contribution in [3.8, 4) is 16.3 Å². The van der Waals surface area contributed by atoms with Gasteiger partial charge in [0.05, 0.1) is 12.4 Å². The largest absolute Gasteiger partial charge is 0.493 e. The van der Waals surface area contributed by atoms with Gasteiger partial charge in [0.25, 0.3) is 0 Å². The van der Waals surface area contributed by atoms with Gasteiger partial charge in [0.2, 0.25) is 11.0 Å². The Morgan fingerprint density at radius 1 is 1.43 bits per heavy atom. The van der Waals surface area contributed by atoms with E-state index in [9.17, 15) is 4.79 Å². The Hall–Kier alpha value is -2.33. The van der Waals surface area contributed by atoms with E-state index in [0.717, 1.165) is 48.9 Å². The number of hydrogen-bond acceptors (Lipinski definition) is 8. The fourth-order valence-electron chi connectivity index (χ4n) is 2.86. The van der Waals surface area contributed by atoms with Gasteiger partial charge in [-0.3, -0.25) is 10.1 Å². The molecule has 1 aromatic heterocycles. The maximum Gasteiger partial charge on any atom is 0.236 e. The third kappa shape index (κ3) is 4.93. The number of nitrogens with one attached hydrogen (secondary N) is 1. The summed E-state index contributed by atoms with van der Waals surface area (Å²) in [5.41, 5.74) is 2.16. The van der Waals surface area contributed by atoms with Gasteiger partial charge in [-0.05, 0) is 37.1 Å². The number of amides is 1. The van der Waals surface area contributed by atoms with Crippen LogP contribution in [0.3, 0.4) is 0 Å². The maximum atomic E-state index is 12.3. The molecule has 0 bridgehead atoms. The van der Waals surface area contributed by atoms with Crippen molar-refractivity contribution in [2.45, 2.75) is 26.7 Å². The predicted molar refractivity (Wildman–Crippen MR) is 115 cm³/mol. The number of hydrogen-bond donors (Lipinski definition) is 2. The Labute approximate surface area is 172 Å². The number of aromatic nitrogens is 2. The van der Waals surface area contributed by atoms with E-state index < -0.39 is 0 Å². The lowest BCUT2D eigenvalue weighted by Crippen LogP contribution is -2.31. The SMILES string of the molecule is CCCN(CC)/C(=N\N)SCC(=O)Nc1nnc(-c2ccc3c(c2)CCO3)s1. The van der Waals surface area contributed by atoms with Gasteiger partial charge in [0.1, 0.15) is 10.8 Å². The van der Waals surface area contributed by atoms with Crippen molar-refractivity contribution in [3.63, 3.8) is 0 Å². The number of carbonyl (C=O) groups excluding carboxylic acids is 1. The summed E-state index contributed by atoms with van der Waals surface area (Å²) in [5, 5.41) is 16.8. The van der Waals surface area contributed by atoms with Crippen LogP contribution in [0.5, 0.6) is 5.75 Å². The highest BCUT2D eigenvalue weighted by Gasteiger charge is 2.16. The third-order valence-corrected chi connectivity index (χ3v) is 6.11. The summed E-state index contributed by atoms with van der Waals surface area (Å²) in [7, 11) is 0. The molecule has 0 saturated carbocycles. The summed E-state index contributed by atoms with van der Waals surface area (Å²) in [6.45, 7) is 6.50. The van der Waals surface area contributed by atoms with E-state index in [2.05, 4.69) is 38.5 Å². The lowest BCUT2D eigenvalue weighted by Gasteiger charge is -2.22. The molecule has 2 heterocycles. The summed E-state index contributed by atoms with van der Waals surface area (Å²) in [5.74, 6) is 6.47. The molecule has 1 aromatic carbocycles. The van der Waals surface area contributed by atoms with Gasteiger partial charge in [-0.15, -0.1) is 10.2 Å². The van der Waals surface area contributed by atoms with Gasteiger partial charge in [0, 0.05) is 25.1 Å². The van der Waals surface area contributed by atoms with Gasteiger partial charge in [-0.25, -0.2) is 0 Å². The van der Waals surface area contributed by atoms with Gasteiger partial charge < -0.3 is 15.5 Å². The van der Waals surface area contributed by atoms with E-state index in [-0.39, 0.29) is 11.7 Å². The summed E-state index contributed by atoms with van der Waals surface area (Å²) < 4.78 is 5.53. The van der Waals surface area contributed by atoms with Crippen LogP contribution in [0.4, 0.5) is 5.13 Å². The number of amidine groups is 1. The number of hydrazone groups is 1. The molecular formula is C18H24N6O2S2. The van der Waals surface area contributed by atoms with Gasteiger partial charge >= 0.3 is 0 Å². The number of fused-ring (bicyclic) bond motifs is 1. The number of rotatable bonds is 7. The first-order valence-electron chi connectivity index (χ1n) is 9.19. The Morgan fingerprint density at radius 2 is 2.29 bits per heavy atom. The smallest absolute Gasteiger partial charge is 0.236 e. The second-order valence-electron chi connectivity index (χ2n) is 6.16. The minimum absolute atomic E-state index is 0.163. The molecule has 0 radical (unpaired) electrons. The number of carbonyl (C=O) groups is 1. The molecule has 0 aliphatic carbocycles. The Morgan fingerprint density at radius 3 is 3.04 bits per heavy atom. The van der Waals surface area contributed by atoms with Crippen LogP contribution < -0.4 is 15.9 Å². The van der Waals surface area contributed by atoms with E-state index in [1.54, 1.807) is 0 Å². The minimum Gasteiger partial charge on any atom is -0.493 e. The number of benzene rings is 1. The predicted octanol–water partition coefficient (Wildman–Crippen LogP) is 2.77. The Kier molecular flexibility index (Phi) is 7.10. The third-order valence-electron chi connectivity index (χ3n) is 4.20. The zero-order chi connectivity index (χ0) is 19.9. The topological polar surface area (TPSA) is 106 Å². The van der Waals surface area contributed by atoms with Crippen LogP contribution in [0.1, 0.15) is 25.8 Å². The molecular weight excluding hydrogens is 396 g/mol.